The van der Waals surface area contributed by atoms with Gasteiger partial charge in [0, 0.05) is 25.2 Å². The van der Waals surface area contributed by atoms with Crippen molar-refractivity contribution in [3.63, 3.8) is 0 Å². The molecule has 0 aliphatic rings. The second kappa shape index (κ2) is 9.71. The highest BCUT2D eigenvalue weighted by Gasteiger charge is 2.08. The third kappa shape index (κ3) is 5.52. The zero-order valence-electron chi connectivity index (χ0n) is 15.6. The topological polar surface area (TPSA) is 71.7 Å². The lowest BCUT2D eigenvalue weighted by atomic mass is 10.1. The van der Waals surface area contributed by atoms with Gasteiger partial charge in [0.1, 0.15) is 11.5 Å². The summed E-state index contributed by atoms with van der Waals surface area (Å²) in [5.74, 6) is 2.62. The van der Waals surface area contributed by atoms with E-state index in [9.17, 15) is 0 Å². The minimum absolute atomic E-state index is 0.687. The van der Waals surface area contributed by atoms with E-state index >= 15 is 0 Å². The van der Waals surface area contributed by atoms with Crippen LogP contribution in [0.3, 0.4) is 0 Å². The molecule has 1 aromatic heterocycles. The summed E-state index contributed by atoms with van der Waals surface area (Å²) in [7, 11) is 1.70. The fourth-order valence-corrected chi connectivity index (χ4v) is 2.71. The number of ether oxygens (including phenoxy) is 1. The molecule has 0 spiro atoms. The van der Waals surface area contributed by atoms with Crippen molar-refractivity contribution >= 4 is 5.96 Å². The SMILES string of the molecule is CCNC(=NCCc1c(C)noc1C)NCCc1ccccc1OC. The molecule has 0 atom stereocenters. The Morgan fingerprint density at radius 3 is 2.68 bits per heavy atom. The fourth-order valence-electron chi connectivity index (χ4n) is 2.71. The number of aliphatic imine (C=N–C) groups is 1. The van der Waals surface area contributed by atoms with Crippen LogP contribution >= 0.6 is 0 Å². The smallest absolute Gasteiger partial charge is 0.191 e. The number of aryl methyl sites for hydroxylation is 2. The van der Waals surface area contributed by atoms with E-state index in [1.165, 1.54) is 5.56 Å². The lowest BCUT2D eigenvalue weighted by Gasteiger charge is -2.12. The Bertz CT molecular complexity index is 675. The summed E-state index contributed by atoms with van der Waals surface area (Å²) >= 11 is 0. The average molecular weight is 344 g/mol. The van der Waals surface area contributed by atoms with E-state index in [1.54, 1.807) is 7.11 Å². The molecule has 2 rings (SSSR count). The Morgan fingerprint density at radius 1 is 1.20 bits per heavy atom. The zero-order valence-corrected chi connectivity index (χ0v) is 15.6. The molecule has 0 aliphatic carbocycles. The molecule has 1 heterocycles. The summed E-state index contributed by atoms with van der Waals surface area (Å²) in [5.41, 5.74) is 3.28. The van der Waals surface area contributed by atoms with E-state index in [1.807, 2.05) is 32.0 Å². The van der Waals surface area contributed by atoms with Gasteiger partial charge in [-0.05, 0) is 45.2 Å². The van der Waals surface area contributed by atoms with Gasteiger partial charge in [-0.3, -0.25) is 4.99 Å². The molecule has 0 saturated heterocycles. The van der Waals surface area contributed by atoms with E-state index < -0.39 is 0 Å². The highest BCUT2D eigenvalue weighted by Crippen LogP contribution is 2.17. The molecular formula is C19H28N4O2. The number of hydrogen-bond donors (Lipinski definition) is 2. The number of hydrogen-bond acceptors (Lipinski definition) is 4. The monoisotopic (exact) mass is 344 g/mol. The van der Waals surface area contributed by atoms with Gasteiger partial charge in [0.05, 0.1) is 12.8 Å². The Morgan fingerprint density at radius 2 is 2.00 bits per heavy atom. The molecule has 6 heteroatoms. The molecule has 0 unspecified atom stereocenters. The number of benzene rings is 1. The first-order valence-corrected chi connectivity index (χ1v) is 8.71. The van der Waals surface area contributed by atoms with E-state index in [2.05, 4.69) is 33.8 Å². The van der Waals surface area contributed by atoms with Crippen LogP contribution in [0.1, 0.15) is 29.5 Å². The van der Waals surface area contributed by atoms with E-state index in [-0.39, 0.29) is 0 Å². The van der Waals surface area contributed by atoms with Gasteiger partial charge in [-0.2, -0.15) is 0 Å². The maximum absolute atomic E-state index is 5.39. The molecule has 0 aliphatic heterocycles. The Labute approximate surface area is 149 Å². The highest BCUT2D eigenvalue weighted by atomic mass is 16.5. The molecule has 0 bridgehead atoms. The second-order valence-electron chi connectivity index (χ2n) is 5.80. The van der Waals surface area contributed by atoms with Crippen LogP contribution in [0.25, 0.3) is 0 Å². The highest BCUT2D eigenvalue weighted by molar-refractivity contribution is 5.79. The molecular weight excluding hydrogens is 316 g/mol. The van der Waals surface area contributed by atoms with Crippen molar-refractivity contribution in [1.82, 2.24) is 15.8 Å². The van der Waals surface area contributed by atoms with Crippen molar-refractivity contribution in [3.05, 3.63) is 46.8 Å². The molecule has 0 radical (unpaired) electrons. The van der Waals surface area contributed by atoms with Gasteiger partial charge in [0.2, 0.25) is 0 Å². The number of aromatic nitrogens is 1. The van der Waals surface area contributed by atoms with Crippen LogP contribution in [0.5, 0.6) is 5.75 Å². The Kier molecular flexibility index (Phi) is 7.32. The minimum Gasteiger partial charge on any atom is -0.496 e. The van der Waals surface area contributed by atoms with Gasteiger partial charge in [0.15, 0.2) is 5.96 Å². The van der Waals surface area contributed by atoms with Crippen LogP contribution in [-0.2, 0) is 12.8 Å². The minimum atomic E-state index is 0.687. The van der Waals surface area contributed by atoms with Crippen LogP contribution < -0.4 is 15.4 Å². The van der Waals surface area contributed by atoms with Crippen molar-refractivity contribution < 1.29 is 9.26 Å². The van der Waals surface area contributed by atoms with Gasteiger partial charge < -0.3 is 19.9 Å². The molecule has 2 N–H and O–H groups in total. The van der Waals surface area contributed by atoms with E-state index in [4.69, 9.17) is 9.26 Å². The summed E-state index contributed by atoms with van der Waals surface area (Å²) < 4.78 is 10.6. The average Bonchev–Trinajstić information content (AvgIpc) is 2.94. The summed E-state index contributed by atoms with van der Waals surface area (Å²) in [4.78, 5) is 4.64. The van der Waals surface area contributed by atoms with Crippen molar-refractivity contribution in [1.29, 1.82) is 0 Å². The lowest BCUT2D eigenvalue weighted by molar-refractivity contribution is 0.392. The van der Waals surface area contributed by atoms with Crippen molar-refractivity contribution in [2.75, 3.05) is 26.7 Å². The Balaban J connectivity index is 1.87. The van der Waals surface area contributed by atoms with Crippen molar-refractivity contribution in [2.45, 2.75) is 33.6 Å². The van der Waals surface area contributed by atoms with Gasteiger partial charge in [0.25, 0.3) is 0 Å². The van der Waals surface area contributed by atoms with Gasteiger partial charge in [-0.25, -0.2) is 0 Å². The zero-order chi connectivity index (χ0) is 18.1. The van der Waals surface area contributed by atoms with Crippen LogP contribution in [0.2, 0.25) is 0 Å². The van der Waals surface area contributed by atoms with Gasteiger partial charge in [-0.1, -0.05) is 23.4 Å². The van der Waals surface area contributed by atoms with Crippen LogP contribution in [0.15, 0.2) is 33.8 Å². The fraction of sp³-hybridized carbons (Fsp3) is 0.474. The summed E-state index contributed by atoms with van der Waals surface area (Å²) in [6.07, 6.45) is 1.70. The largest absolute Gasteiger partial charge is 0.496 e. The van der Waals surface area contributed by atoms with Crippen molar-refractivity contribution in [2.24, 2.45) is 4.99 Å². The molecule has 0 amide bonds. The first-order valence-electron chi connectivity index (χ1n) is 8.71. The molecule has 0 saturated carbocycles. The van der Waals surface area contributed by atoms with Gasteiger partial charge in [-0.15, -0.1) is 0 Å². The summed E-state index contributed by atoms with van der Waals surface area (Å²) in [5, 5.41) is 10.6. The summed E-state index contributed by atoms with van der Waals surface area (Å²) in [6.45, 7) is 8.27. The van der Waals surface area contributed by atoms with Gasteiger partial charge >= 0.3 is 0 Å². The molecule has 1 aromatic carbocycles. The molecule has 25 heavy (non-hydrogen) atoms. The predicted octanol–water partition coefficient (Wildman–Crippen LogP) is 2.64. The number of methoxy groups -OCH3 is 1. The van der Waals surface area contributed by atoms with Crippen LogP contribution in [-0.4, -0.2) is 37.9 Å². The number of para-hydroxylation sites is 1. The summed E-state index contributed by atoms with van der Waals surface area (Å²) in [6, 6.07) is 8.08. The normalized spacial score (nSPS) is 11.4. The first-order chi connectivity index (χ1) is 12.2. The quantitative estimate of drug-likeness (QED) is 0.569. The van der Waals surface area contributed by atoms with E-state index in [0.29, 0.717) is 6.54 Å². The number of nitrogens with one attached hydrogen (secondary N) is 2. The van der Waals surface area contributed by atoms with Crippen LogP contribution in [0.4, 0.5) is 0 Å². The Hall–Kier alpha value is -2.50. The molecule has 2 aromatic rings. The first kappa shape index (κ1) is 18.8. The van der Waals surface area contributed by atoms with Crippen molar-refractivity contribution in [3.8, 4) is 5.75 Å². The standard InChI is InChI=1S/C19H28N4O2/c1-5-20-19(22-13-11-17-14(2)23-25-15(17)3)21-12-10-16-8-6-7-9-18(16)24-4/h6-9H,5,10-13H2,1-4H3,(H2,20,21,22). The second-order valence-corrected chi connectivity index (χ2v) is 5.80. The van der Waals surface area contributed by atoms with E-state index in [0.717, 1.165) is 54.7 Å². The molecule has 136 valence electrons. The maximum Gasteiger partial charge on any atom is 0.191 e. The predicted molar refractivity (Wildman–Crippen MR) is 100 cm³/mol. The third-order valence-electron chi connectivity index (χ3n) is 4.04. The number of rotatable bonds is 8. The third-order valence-corrected chi connectivity index (χ3v) is 4.04. The lowest BCUT2D eigenvalue weighted by Crippen LogP contribution is -2.38. The van der Waals surface area contributed by atoms with Crippen LogP contribution in [0, 0.1) is 13.8 Å². The number of nitrogens with zero attached hydrogens (tertiary/aromatic N) is 2. The maximum atomic E-state index is 5.39. The number of guanidine groups is 1. The molecule has 0 fully saturated rings. The molecule has 6 nitrogen and oxygen atoms in total.